The zero-order valence-electron chi connectivity index (χ0n) is 13.2. The molecule has 1 rings (SSSR count). The third-order valence-corrected chi connectivity index (χ3v) is 4.49. The van der Waals surface area contributed by atoms with Crippen LogP contribution < -0.4 is 16.0 Å². The van der Waals surface area contributed by atoms with Gasteiger partial charge in [0.15, 0.2) is 0 Å². The zero-order valence-corrected chi connectivity index (χ0v) is 14.0. The molecule has 0 atom stereocenters. The number of thiophene rings is 1. The number of nitrogen functional groups attached to an aromatic ring is 1. The molecule has 0 bridgehead atoms. The van der Waals surface area contributed by atoms with E-state index in [2.05, 4.69) is 25.2 Å². The smallest absolute Gasteiger partial charge is 0.263 e. The number of nitrogens with one attached hydrogen (secondary N) is 1. The van der Waals surface area contributed by atoms with Crippen LogP contribution in [0.15, 0.2) is 0 Å². The van der Waals surface area contributed by atoms with Crippen molar-refractivity contribution in [2.75, 3.05) is 30.8 Å². The highest BCUT2D eigenvalue weighted by molar-refractivity contribution is 7.19. The maximum Gasteiger partial charge on any atom is 0.263 e. The number of hydrogen-bond donors (Lipinski definition) is 2. The van der Waals surface area contributed by atoms with E-state index in [0.29, 0.717) is 28.6 Å². The first-order valence-electron chi connectivity index (χ1n) is 7.24. The Morgan fingerprint density at radius 3 is 2.71 bits per heavy atom. The third kappa shape index (κ3) is 4.36. The maximum atomic E-state index is 12.1. The van der Waals surface area contributed by atoms with Gasteiger partial charge in [-0.05, 0) is 18.8 Å². The molecule has 1 amide bonds. The summed E-state index contributed by atoms with van der Waals surface area (Å²) in [4.78, 5) is 14.5. The van der Waals surface area contributed by atoms with Crippen molar-refractivity contribution in [2.45, 2.75) is 33.6 Å². The number of anilines is 2. The van der Waals surface area contributed by atoms with Gasteiger partial charge in [-0.25, -0.2) is 0 Å². The lowest BCUT2D eigenvalue weighted by Crippen LogP contribution is -2.23. The Balaban J connectivity index is 3.00. The van der Waals surface area contributed by atoms with Crippen molar-refractivity contribution >= 4 is 27.9 Å². The van der Waals surface area contributed by atoms with Crippen molar-refractivity contribution in [3.05, 3.63) is 10.4 Å². The van der Waals surface area contributed by atoms with Crippen LogP contribution >= 0.6 is 11.3 Å². The fraction of sp³-hybridized carbons (Fsp3) is 0.600. The van der Waals surface area contributed by atoms with E-state index in [1.165, 1.54) is 11.3 Å². The van der Waals surface area contributed by atoms with Crippen LogP contribution in [-0.2, 0) is 0 Å². The number of nitrogens with two attached hydrogens (primary N) is 1. The SMILES string of the molecule is CCCNC(=O)c1sc(N(C)CCC(C)C)c(C#N)c1N. The Morgan fingerprint density at radius 1 is 1.52 bits per heavy atom. The van der Waals surface area contributed by atoms with Crippen LogP contribution in [0.5, 0.6) is 0 Å². The van der Waals surface area contributed by atoms with Gasteiger partial charge in [0.1, 0.15) is 21.5 Å². The van der Waals surface area contributed by atoms with Crippen LogP contribution in [-0.4, -0.2) is 26.0 Å². The lowest BCUT2D eigenvalue weighted by atomic mass is 10.1. The molecule has 0 aliphatic heterocycles. The molecule has 0 aliphatic carbocycles. The van der Waals surface area contributed by atoms with Crippen molar-refractivity contribution in [3.8, 4) is 6.07 Å². The van der Waals surface area contributed by atoms with Gasteiger partial charge >= 0.3 is 0 Å². The molecule has 116 valence electrons. The van der Waals surface area contributed by atoms with Crippen LogP contribution in [0.1, 0.15) is 48.8 Å². The van der Waals surface area contributed by atoms with Crippen molar-refractivity contribution in [3.63, 3.8) is 0 Å². The monoisotopic (exact) mass is 308 g/mol. The van der Waals surface area contributed by atoms with Crippen LogP contribution in [0, 0.1) is 17.2 Å². The summed E-state index contributed by atoms with van der Waals surface area (Å²) in [5.41, 5.74) is 6.69. The largest absolute Gasteiger partial charge is 0.396 e. The van der Waals surface area contributed by atoms with Gasteiger partial charge in [-0.15, -0.1) is 11.3 Å². The van der Waals surface area contributed by atoms with Crippen molar-refractivity contribution in [1.29, 1.82) is 5.26 Å². The molecule has 0 spiro atoms. The van der Waals surface area contributed by atoms with E-state index >= 15 is 0 Å². The Hall–Kier alpha value is -1.74. The van der Waals surface area contributed by atoms with E-state index in [4.69, 9.17) is 5.73 Å². The molecule has 21 heavy (non-hydrogen) atoms. The zero-order chi connectivity index (χ0) is 16.0. The summed E-state index contributed by atoms with van der Waals surface area (Å²) in [6, 6.07) is 2.13. The van der Waals surface area contributed by atoms with Gasteiger partial charge in [0, 0.05) is 20.1 Å². The first-order chi connectivity index (χ1) is 9.92. The van der Waals surface area contributed by atoms with E-state index < -0.39 is 0 Å². The Labute approximate surface area is 130 Å². The number of carbonyl (C=O) groups is 1. The summed E-state index contributed by atoms with van der Waals surface area (Å²) in [5.74, 6) is 0.391. The molecule has 5 nitrogen and oxygen atoms in total. The molecule has 6 heteroatoms. The van der Waals surface area contributed by atoms with Gasteiger partial charge in [0.25, 0.3) is 5.91 Å². The predicted molar refractivity (Wildman–Crippen MR) is 88.8 cm³/mol. The standard InChI is InChI=1S/C15H24N4OS/c1-5-7-18-14(20)13-12(17)11(9-16)15(21-13)19(4)8-6-10(2)3/h10H,5-8,17H2,1-4H3,(H,18,20). The third-order valence-electron chi connectivity index (χ3n) is 3.17. The first-order valence-corrected chi connectivity index (χ1v) is 8.05. The number of amides is 1. The highest BCUT2D eigenvalue weighted by Crippen LogP contribution is 2.37. The molecular formula is C15H24N4OS. The molecule has 0 saturated heterocycles. The second kappa shape index (κ2) is 7.89. The molecule has 1 aromatic rings. The summed E-state index contributed by atoms with van der Waals surface area (Å²) >= 11 is 1.30. The number of carbonyl (C=O) groups excluding carboxylic acids is 1. The fourth-order valence-electron chi connectivity index (χ4n) is 1.85. The molecule has 0 saturated carbocycles. The highest BCUT2D eigenvalue weighted by Gasteiger charge is 2.22. The fourth-order valence-corrected chi connectivity index (χ4v) is 2.92. The van der Waals surface area contributed by atoms with Crippen LogP contribution in [0.4, 0.5) is 10.7 Å². The highest BCUT2D eigenvalue weighted by atomic mass is 32.1. The van der Waals surface area contributed by atoms with Crippen molar-refractivity contribution < 1.29 is 4.79 Å². The summed E-state index contributed by atoms with van der Waals surface area (Å²) in [5, 5.41) is 12.9. The molecule has 1 heterocycles. The van der Waals surface area contributed by atoms with Gasteiger partial charge in [-0.2, -0.15) is 5.26 Å². The summed E-state index contributed by atoms with van der Waals surface area (Å²) in [7, 11) is 1.93. The first kappa shape index (κ1) is 17.3. The number of rotatable bonds is 7. The maximum absolute atomic E-state index is 12.1. The molecule has 0 aliphatic rings. The van der Waals surface area contributed by atoms with Crippen molar-refractivity contribution in [2.24, 2.45) is 5.92 Å². The molecule has 0 fully saturated rings. The molecule has 0 unspecified atom stereocenters. The van der Waals surface area contributed by atoms with E-state index in [1.807, 2.05) is 18.9 Å². The van der Waals surface area contributed by atoms with Crippen LogP contribution in [0.3, 0.4) is 0 Å². The minimum atomic E-state index is -0.195. The molecular weight excluding hydrogens is 284 g/mol. The van der Waals surface area contributed by atoms with E-state index in [9.17, 15) is 10.1 Å². The minimum Gasteiger partial charge on any atom is -0.396 e. The lowest BCUT2D eigenvalue weighted by molar-refractivity contribution is 0.0958. The number of nitrogens with zero attached hydrogens (tertiary/aromatic N) is 2. The van der Waals surface area contributed by atoms with Gasteiger partial charge in [-0.1, -0.05) is 20.8 Å². The average Bonchev–Trinajstić information content (AvgIpc) is 2.79. The van der Waals surface area contributed by atoms with E-state index in [-0.39, 0.29) is 5.91 Å². The average molecular weight is 308 g/mol. The summed E-state index contributed by atoms with van der Waals surface area (Å²) < 4.78 is 0. The Morgan fingerprint density at radius 2 is 2.19 bits per heavy atom. The topological polar surface area (TPSA) is 82.2 Å². The van der Waals surface area contributed by atoms with Gasteiger partial charge < -0.3 is 16.0 Å². The Kier molecular flexibility index (Phi) is 6.50. The number of hydrogen-bond acceptors (Lipinski definition) is 5. The Bertz CT molecular complexity index is 531. The van der Waals surface area contributed by atoms with Crippen LogP contribution in [0.25, 0.3) is 0 Å². The van der Waals surface area contributed by atoms with Gasteiger partial charge in [0.2, 0.25) is 0 Å². The number of nitriles is 1. The molecule has 3 N–H and O–H groups in total. The molecule has 0 aromatic carbocycles. The van der Waals surface area contributed by atoms with Gasteiger partial charge in [0.05, 0.1) is 5.69 Å². The summed E-state index contributed by atoms with van der Waals surface area (Å²) in [6.07, 6.45) is 1.89. The molecule has 1 aromatic heterocycles. The second-order valence-corrected chi connectivity index (χ2v) is 6.50. The molecule has 0 radical (unpaired) electrons. The lowest BCUT2D eigenvalue weighted by Gasteiger charge is -2.18. The quantitative estimate of drug-likeness (QED) is 0.811. The van der Waals surface area contributed by atoms with Crippen LogP contribution in [0.2, 0.25) is 0 Å². The predicted octanol–water partition coefficient (Wildman–Crippen LogP) is 2.82. The minimum absolute atomic E-state index is 0.195. The van der Waals surface area contributed by atoms with Crippen molar-refractivity contribution in [1.82, 2.24) is 5.32 Å². The van der Waals surface area contributed by atoms with Gasteiger partial charge in [-0.3, -0.25) is 4.79 Å². The van der Waals surface area contributed by atoms with E-state index in [0.717, 1.165) is 24.4 Å². The normalized spacial score (nSPS) is 10.5. The summed E-state index contributed by atoms with van der Waals surface area (Å²) in [6.45, 7) is 7.75. The second-order valence-electron chi connectivity index (χ2n) is 5.50. The van der Waals surface area contributed by atoms with E-state index in [1.54, 1.807) is 0 Å².